The van der Waals surface area contributed by atoms with E-state index in [1.165, 1.54) is 16.7 Å². The molecule has 0 aliphatic rings. The average molecular weight is 235 g/mol. The number of ether oxygens (including phenoxy) is 1. The van der Waals surface area contributed by atoms with Crippen LogP contribution in [0.3, 0.4) is 0 Å². The first-order valence-electron chi connectivity index (χ1n) is 4.61. The second-order valence-electron chi connectivity index (χ2n) is 3.03. The van der Waals surface area contributed by atoms with Crippen LogP contribution in [0.25, 0.3) is 0 Å². The molecule has 0 saturated heterocycles. The van der Waals surface area contributed by atoms with Gasteiger partial charge in [-0.25, -0.2) is 9.78 Å². The normalized spacial score (nSPS) is 10.0. The molecule has 0 radical (unpaired) electrons. The van der Waals surface area contributed by atoms with Crippen LogP contribution in [0.2, 0.25) is 0 Å². The van der Waals surface area contributed by atoms with Gasteiger partial charge in [0.05, 0.1) is 0 Å². The molecule has 0 saturated carbocycles. The summed E-state index contributed by atoms with van der Waals surface area (Å²) >= 11 is 1.28. The summed E-state index contributed by atoms with van der Waals surface area (Å²) in [6.45, 7) is 0.294. The molecule has 2 aromatic rings. The third-order valence-corrected chi connectivity index (χ3v) is 2.70. The van der Waals surface area contributed by atoms with Crippen molar-refractivity contribution in [2.24, 2.45) is 0 Å². The maximum absolute atomic E-state index is 10.6. The molecular formula is C11H9NO3S. The van der Waals surface area contributed by atoms with Crippen molar-refractivity contribution < 1.29 is 14.6 Å². The first-order valence-corrected chi connectivity index (χ1v) is 5.49. The maximum Gasteiger partial charge on any atom is 0.355 e. The van der Waals surface area contributed by atoms with Crippen LogP contribution in [0.1, 0.15) is 15.5 Å². The van der Waals surface area contributed by atoms with Crippen LogP contribution in [-0.4, -0.2) is 16.1 Å². The summed E-state index contributed by atoms with van der Waals surface area (Å²) in [7, 11) is 0. The first-order chi connectivity index (χ1) is 7.75. The fraction of sp³-hybridized carbons (Fsp3) is 0.0909. The number of benzene rings is 1. The zero-order valence-corrected chi connectivity index (χ0v) is 9.11. The lowest BCUT2D eigenvalue weighted by Crippen LogP contribution is -1.99. The minimum Gasteiger partial charge on any atom is -0.486 e. The second kappa shape index (κ2) is 4.76. The molecule has 0 bridgehead atoms. The van der Waals surface area contributed by atoms with E-state index in [2.05, 4.69) is 4.98 Å². The number of thiazole rings is 1. The van der Waals surface area contributed by atoms with Crippen LogP contribution in [-0.2, 0) is 6.61 Å². The molecule has 0 atom stereocenters. The highest BCUT2D eigenvalue weighted by Crippen LogP contribution is 2.14. The molecule has 1 N–H and O–H groups in total. The number of aromatic nitrogens is 1. The molecule has 1 aromatic heterocycles. The van der Waals surface area contributed by atoms with Gasteiger partial charge < -0.3 is 9.84 Å². The van der Waals surface area contributed by atoms with E-state index in [0.717, 1.165) is 5.75 Å². The Kier molecular flexibility index (Phi) is 3.16. The van der Waals surface area contributed by atoms with Crippen LogP contribution >= 0.6 is 11.3 Å². The first kappa shape index (κ1) is 10.6. The van der Waals surface area contributed by atoms with Crippen LogP contribution in [0.4, 0.5) is 0 Å². The fourth-order valence-electron chi connectivity index (χ4n) is 1.14. The largest absolute Gasteiger partial charge is 0.486 e. The molecule has 0 spiro atoms. The number of carboxylic acid groups (broad SMARTS) is 1. The van der Waals surface area contributed by atoms with Gasteiger partial charge in [-0.05, 0) is 12.1 Å². The fourth-order valence-corrected chi connectivity index (χ4v) is 1.82. The highest BCUT2D eigenvalue weighted by Gasteiger charge is 2.08. The number of rotatable bonds is 4. The summed E-state index contributed by atoms with van der Waals surface area (Å²) in [6, 6.07) is 9.33. The second-order valence-corrected chi connectivity index (χ2v) is 3.98. The molecule has 0 aliphatic carbocycles. The summed E-state index contributed by atoms with van der Waals surface area (Å²) in [5.41, 5.74) is 0.0664. The van der Waals surface area contributed by atoms with E-state index in [0.29, 0.717) is 11.6 Å². The Morgan fingerprint density at radius 3 is 2.75 bits per heavy atom. The standard InChI is InChI=1S/C11H9NO3S/c13-11(14)9-7-16-10(12-9)6-15-8-4-2-1-3-5-8/h1-5,7H,6H2,(H,13,14). The maximum atomic E-state index is 10.6. The minimum atomic E-state index is -1.01. The molecule has 2 rings (SSSR count). The zero-order chi connectivity index (χ0) is 11.4. The summed E-state index contributed by atoms with van der Waals surface area (Å²) in [5.74, 6) is -0.267. The summed E-state index contributed by atoms with van der Waals surface area (Å²) in [5, 5.41) is 10.8. The topological polar surface area (TPSA) is 59.4 Å². The van der Waals surface area contributed by atoms with Crippen molar-refractivity contribution in [1.29, 1.82) is 0 Å². The van der Waals surface area contributed by atoms with E-state index in [1.807, 2.05) is 30.3 Å². The summed E-state index contributed by atoms with van der Waals surface area (Å²) in [6.07, 6.45) is 0. The third-order valence-electron chi connectivity index (χ3n) is 1.88. The number of hydrogen-bond acceptors (Lipinski definition) is 4. The number of nitrogens with zero attached hydrogens (tertiary/aromatic N) is 1. The van der Waals surface area contributed by atoms with Crippen molar-refractivity contribution >= 4 is 17.3 Å². The number of para-hydroxylation sites is 1. The van der Waals surface area contributed by atoms with Gasteiger partial charge in [0, 0.05) is 5.38 Å². The van der Waals surface area contributed by atoms with E-state index >= 15 is 0 Å². The predicted octanol–water partition coefficient (Wildman–Crippen LogP) is 2.42. The average Bonchev–Trinajstić information content (AvgIpc) is 2.76. The van der Waals surface area contributed by atoms with Crippen LogP contribution in [0.15, 0.2) is 35.7 Å². The lowest BCUT2D eigenvalue weighted by Gasteiger charge is -2.02. The molecule has 82 valence electrons. The highest BCUT2D eigenvalue weighted by atomic mass is 32.1. The van der Waals surface area contributed by atoms with Crippen molar-refractivity contribution in [3.05, 3.63) is 46.4 Å². The molecule has 0 aliphatic heterocycles. The summed E-state index contributed by atoms with van der Waals surface area (Å²) in [4.78, 5) is 14.5. The van der Waals surface area contributed by atoms with Gasteiger partial charge in [-0.3, -0.25) is 0 Å². The highest BCUT2D eigenvalue weighted by molar-refractivity contribution is 7.09. The van der Waals surface area contributed by atoms with Gasteiger partial charge in [-0.15, -0.1) is 11.3 Å². The van der Waals surface area contributed by atoms with Crippen LogP contribution < -0.4 is 4.74 Å². The van der Waals surface area contributed by atoms with Crippen molar-refractivity contribution in [2.75, 3.05) is 0 Å². The van der Waals surface area contributed by atoms with E-state index in [1.54, 1.807) is 0 Å². The molecule has 5 heteroatoms. The molecule has 0 amide bonds. The molecule has 0 fully saturated rings. The summed E-state index contributed by atoms with van der Waals surface area (Å²) < 4.78 is 5.44. The van der Waals surface area contributed by atoms with E-state index in [4.69, 9.17) is 9.84 Å². The molecule has 1 aromatic carbocycles. The van der Waals surface area contributed by atoms with Crippen LogP contribution in [0, 0.1) is 0 Å². The zero-order valence-electron chi connectivity index (χ0n) is 8.29. The molecule has 16 heavy (non-hydrogen) atoms. The smallest absolute Gasteiger partial charge is 0.355 e. The quantitative estimate of drug-likeness (QED) is 0.884. The van der Waals surface area contributed by atoms with Crippen molar-refractivity contribution in [2.45, 2.75) is 6.61 Å². The Hall–Kier alpha value is -1.88. The van der Waals surface area contributed by atoms with Crippen LogP contribution in [0.5, 0.6) is 5.75 Å². The van der Waals surface area contributed by atoms with Crippen molar-refractivity contribution in [3.63, 3.8) is 0 Å². The Morgan fingerprint density at radius 1 is 1.38 bits per heavy atom. The molecule has 1 heterocycles. The number of carbonyl (C=O) groups is 1. The number of aromatic carboxylic acids is 1. The Bertz CT molecular complexity index is 481. The van der Waals surface area contributed by atoms with Gasteiger partial charge in [0.25, 0.3) is 0 Å². The van der Waals surface area contributed by atoms with E-state index in [-0.39, 0.29) is 5.69 Å². The monoisotopic (exact) mass is 235 g/mol. The van der Waals surface area contributed by atoms with E-state index in [9.17, 15) is 4.79 Å². The number of carboxylic acids is 1. The predicted molar refractivity (Wildman–Crippen MR) is 59.8 cm³/mol. The van der Waals surface area contributed by atoms with Gasteiger partial charge in [-0.2, -0.15) is 0 Å². The van der Waals surface area contributed by atoms with Gasteiger partial charge >= 0.3 is 5.97 Å². The lowest BCUT2D eigenvalue weighted by molar-refractivity contribution is 0.0691. The van der Waals surface area contributed by atoms with Gasteiger partial charge in [0.2, 0.25) is 0 Å². The van der Waals surface area contributed by atoms with Crippen molar-refractivity contribution in [3.8, 4) is 5.75 Å². The Balaban J connectivity index is 1.97. The Labute approximate surface area is 96.1 Å². The van der Waals surface area contributed by atoms with E-state index < -0.39 is 5.97 Å². The molecule has 0 unspecified atom stereocenters. The SMILES string of the molecule is O=C(O)c1csc(COc2ccccc2)n1. The molecular weight excluding hydrogens is 226 g/mol. The van der Waals surface area contributed by atoms with Gasteiger partial charge in [-0.1, -0.05) is 18.2 Å². The van der Waals surface area contributed by atoms with Gasteiger partial charge in [0.15, 0.2) is 5.69 Å². The van der Waals surface area contributed by atoms with Gasteiger partial charge in [0.1, 0.15) is 17.4 Å². The van der Waals surface area contributed by atoms with Crippen molar-refractivity contribution in [1.82, 2.24) is 4.98 Å². The Morgan fingerprint density at radius 2 is 2.12 bits per heavy atom. The minimum absolute atomic E-state index is 0.0664. The number of hydrogen-bond donors (Lipinski definition) is 1. The molecule has 4 nitrogen and oxygen atoms in total. The third kappa shape index (κ3) is 2.58. The lowest BCUT2D eigenvalue weighted by atomic mass is 10.3.